The number of hydroxylamine groups is 1. The van der Waals surface area contributed by atoms with Crippen LogP contribution in [-0.2, 0) is 21.4 Å². The smallest absolute Gasteiger partial charge is 0.266 e. The third-order valence-corrected chi connectivity index (χ3v) is 5.92. The van der Waals surface area contributed by atoms with E-state index in [0.717, 1.165) is 0 Å². The van der Waals surface area contributed by atoms with Crippen LogP contribution >= 0.6 is 11.6 Å². The van der Waals surface area contributed by atoms with Crippen LogP contribution < -0.4 is 0 Å². The molecule has 0 N–H and O–H groups in total. The van der Waals surface area contributed by atoms with E-state index in [2.05, 4.69) is 0 Å². The highest BCUT2D eigenvalue weighted by atomic mass is 35.5. The fraction of sp³-hybridized carbons (Fsp3) is 0.235. The molecule has 0 unspecified atom stereocenters. The van der Waals surface area contributed by atoms with Gasteiger partial charge >= 0.3 is 0 Å². The van der Waals surface area contributed by atoms with Crippen molar-refractivity contribution >= 4 is 27.5 Å². The van der Waals surface area contributed by atoms with E-state index in [4.69, 9.17) is 16.4 Å². The van der Waals surface area contributed by atoms with Gasteiger partial charge in [0, 0.05) is 31.8 Å². The van der Waals surface area contributed by atoms with Crippen molar-refractivity contribution in [1.29, 1.82) is 0 Å². The van der Waals surface area contributed by atoms with Crippen LogP contribution in [0.15, 0.2) is 47.4 Å². The molecule has 0 atom stereocenters. The molecule has 2 rings (SSSR count). The molecule has 0 fully saturated rings. The maximum Gasteiger partial charge on any atom is 0.266 e. The molecular weight excluding hydrogens is 383 g/mol. The maximum absolute atomic E-state index is 13.8. The number of sulfonamides is 1. The number of hydrogen-bond donors (Lipinski definition) is 0. The number of rotatable bonds is 6. The molecule has 0 aromatic heterocycles. The minimum absolute atomic E-state index is 0.0359. The Bertz CT molecular complexity index is 921. The van der Waals surface area contributed by atoms with E-state index in [-0.39, 0.29) is 22.0 Å². The van der Waals surface area contributed by atoms with Gasteiger partial charge in [0.15, 0.2) is 0 Å². The zero-order chi connectivity index (χ0) is 19.5. The minimum atomic E-state index is -4.02. The summed E-state index contributed by atoms with van der Waals surface area (Å²) in [6, 6.07) is 10.0. The predicted molar refractivity (Wildman–Crippen MR) is 95.6 cm³/mol. The topological polar surface area (TPSA) is 66.9 Å². The van der Waals surface area contributed by atoms with Crippen LogP contribution in [0, 0.1) is 5.82 Å². The standard InChI is InChI=1S/C17H18ClFN2O4S/c1-20(11-13-6-4-5-7-15(13)19)17(22)12-8-9-14(18)16(10-12)26(23,24)21(2)25-3/h4-10H,11H2,1-3H3. The first-order valence-electron chi connectivity index (χ1n) is 7.50. The number of hydrogen-bond acceptors (Lipinski definition) is 4. The van der Waals surface area contributed by atoms with Gasteiger partial charge in [-0.05, 0) is 24.3 Å². The number of halogens is 2. The fourth-order valence-corrected chi connectivity index (χ4v) is 3.72. The highest BCUT2D eigenvalue weighted by Crippen LogP contribution is 2.26. The van der Waals surface area contributed by atoms with E-state index in [9.17, 15) is 17.6 Å². The molecule has 0 saturated heterocycles. The first kappa shape index (κ1) is 20.3. The first-order valence-corrected chi connectivity index (χ1v) is 9.31. The average Bonchev–Trinajstić information content (AvgIpc) is 2.62. The van der Waals surface area contributed by atoms with Crippen molar-refractivity contribution in [2.75, 3.05) is 21.2 Å². The molecule has 0 spiro atoms. The predicted octanol–water partition coefficient (Wildman–Crippen LogP) is 2.93. The van der Waals surface area contributed by atoms with Gasteiger partial charge in [-0.2, -0.15) is 0 Å². The van der Waals surface area contributed by atoms with Gasteiger partial charge in [0.25, 0.3) is 15.9 Å². The van der Waals surface area contributed by atoms with Crippen molar-refractivity contribution in [3.8, 4) is 0 Å². The second-order valence-electron chi connectivity index (χ2n) is 5.50. The lowest BCUT2D eigenvalue weighted by Gasteiger charge is -2.19. The van der Waals surface area contributed by atoms with Gasteiger partial charge in [0.05, 0.1) is 12.1 Å². The summed E-state index contributed by atoms with van der Waals surface area (Å²) in [5, 5.41) is -0.0396. The Morgan fingerprint density at radius 3 is 2.46 bits per heavy atom. The quantitative estimate of drug-likeness (QED) is 0.699. The molecule has 26 heavy (non-hydrogen) atoms. The summed E-state index contributed by atoms with van der Waals surface area (Å²) in [7, 11) is -0.110. The molecule has 0 aliphatic heterocycles. The Labute approximate surface area is 156 Å². The van der Waals surface area contributed by atoms with Gasteiger partial charge < -0.3 is 4.90 Å². The summed E-state index contributed by atoms with van der Waals surface area (Å²) >= 11 is 5.98. The molecule has 0 bridgehead atoms. The van der Waals surface area contributed by atoms with Crippen LogP contribution in [0.5, 0.6) is 0 Å². The second-order valence-corrected chi connectivity index (χ2v) is 7.81. The van der Waals surface area contributed by atoms with Gasteiger partial charge in [-0.3, -0.25) is 9.63 Å². The van der Waals surface area contributed by atoms with E-state index in [0.29, 0.717) is 10.0 Å². The van der Waals surface area contributed by atoms with Crippen molar-refractivity contribution in [3.63, 3.8) is 0 Å². The lowest BCUT2D eigenvalue weighted by Crippen LogP contribution is -2.28. The van der Waals surface area contributed by atoms with Crippen LogP contribution in [0.4, 0.5) is 4.39 Å². The molecule has 0 aliphatic rings. The summed E-state index contributed by atoms with van der Waals surface area (Å²) in [5.74, 6) is -0.894. The third kappa shape index (κ3) is 4.21. The fourth-order valence-electron chi connectivity index (χ4n) is 2.25. The Kier molecular flexibility index (Phi) is 6.35. The van der Waals surface area contributed by atoms with Crippen LogP contribution in [0.3, 0.4) is 0 Å². The zero-order valence-electron chi connectivity index (χ0n) is 14.4. The lowest BCUT2D eigenvalue weighted by atomic mass is 10.1. The first-order chi connectivity index (χ1) is 12.2. The molecule has 0 aliphatic carbocycles. The number of amides is 1. The monoisotopic (exact) mass is 400 g/mol. The Morgan fingerprint density at radius 1 is 1.19 bits per heavy atom. The molecular formula is C17H18ClFN2O4S. The van der Waals surface area contributed by atoms with Gasteiger partial charge in [0.2, 0.25) is 0 Å². The third-order valence-electron chi connectivity index (χ3n) is 3.76. The number of benzene rings is 2. The average molecular weight is 401 g/mol. The Hall–Kier alpha value is -2.00. The van der Waals surface area contributed by atoms with E-state index in [1.54, 1.807) is 18.2 Å². The van der Waals surface area contributed by atoms with Gasteiger partial charge in [-0.1, -0.05) is 34.3 Å². The Balaban J connectivity index is 2.33. The maximum atomic E-state index is 13.8. The van der Waals surface area contributed by atoms with Gasteiger partial charge in [0.1, 0.15) is 10.7 Å². The minimum Gasteiger partial charge on any atom is -0.337 e. The summed E-state index contributed by atoms with van der Waals surface area (Å²) < 4.78 is 39.2. The summed E-state index contributed by atoms with van der Waals surface area (Å²) in [5.41, 5.74) is 0.459. The summed E-state index contributed by atoms with van der Waals surface area (Å²) in [6.45, 7) is 0.0359. The van der Waals surface area contributed by atoms with E-state index in [1.807, 2.05) is 0 Å². The van der Waals surface area contributed by atoms with Crippen molar-refractivity contribution < 1.29 is 22.4 Å². The highest BCUT2D eigenvalue weighted by molar-refractivity contribution is 7.89. The summed E-state index contributed by atoms with van der Waals surface area (Å²) in [4.78, 5) is 18.4. The SMILES string of the molecule is CON(C)S(=O)(=O)c1cc(C(=O)N(C)Cc2ccccc2F)ccc1Cl. The molecule has 1 amide bonds. The molecule has 2 aromatic carbocycles. The van der Waals surface area contributed by atoms with E-state index in [1.165, 1.54) is 50.4 Å². The van der Waals surface area contributed by atoms with Gasteiger partial charge in [-0.25, -0.2) is 12.8 Å². The summed E-state index contributed by atoms with van der Waals surface area (Å²) in [6.07, 6.45) is 0. The van der Waals surface area contributed by atoms with E-state index < -0.39 is 21.7 Å². The lowest BCUT2D eigenvalue weighted by molar-refractivity contribution is -0.0258. The van der Waals surface area contributed by atoms with E-state index >= 15 is 0 Å². The molecule has 0 radical (unpaired) electrons. The molecule has 9 heteroatoms. The van der Waals surface area contributed by atoms with Crippen molar-refractivity contribution in [1.82, 2.24) is 9.37 Å². The number of nitrogens with zero attached hydrogens (tertiary/aromatic N) is 2. The van der Waals surface area contributed by atoms with Crippen LogP contribution in [0.2, 0.25) is 5.02 Å². The molecule has 0 saturated carbocycles. The number of carbonyl (C=O) groups excluding carboxylic acids is 1. The van der Waals surface area contributed by atoms with Crippen LogP contribution in [0.25, 0.3) is 0 Å². The van der Waals surface area contributed by atoms with Crippen molar-refractivity contribution in [2.24, 2.45) is 0 Å². The molecule has 140 valence electrons. The zero-order valence-corrected chi connectivity index (χ0v) is 16.0. The van der Waals surface area contributed by atoms with Gasteiger partial charge in [-0.15, -0.1) is 0 Å². The largest absolute Gasteiger partial charge is 0.337 e. The van der Waals surface area contributed by atoms with Crippen LogP contribution in [0.1, 0.15) is 15.9 Å². The molecule has 2 aromatic rings. The highest BCUT2D eigenvalue weighted by Gasteiger charge is 2.26. The normalized spacial score (nSPS) is 11.6. The Morgan fingerprint density at radius 2 is 1.85 bits per heavy atom. The molecule has 0 heterocycles. The van der Waals surface area contributed by atoms with Crippen LogP contribution in [-0.4, -0.2) is 44.9 Å². The second kappa shape index (κ2) is 8.13. The number of carbonyl (C=O) groups is 1. The van der Waals surface area contributed by atoms with Crippen molar-refractivity contribution in [3.05, 3.63) is 64.4 Å². The molecule has 6 nitrogen and oxygen atoms in total. The van der Waals surface area contributed by atoms with Crippen molar-refractivity contribution in [2.45, 2.75) is 11.4 Å².